The molecule has 4 rings (SSSR count). The summed E-state index contributed by atoms with van der Waals surface area (Å²) in [5, 5.41) is 2.93. The molecule has 0 atom stereocenters. The average molecular weight is 496 g/mol. The summed E-state index contributed by atoms with van der Waals surface area (Å²) in [5.41, 5.74) is 0. The van der Waals surface area contributed by atoms with Gasteiger partial charge in [-0.1, -0.05) is 11.6 Å². The molecule has 1 N–H and O–H groups in total. The fourth-order valence-corrected chi connectivity index (χ4v) is 5.15. The van der Waals surface area contributed by atoms with Crippen LogP contribution in [0, 0.1) is 5.92 Å². The highest BCUT2D eigenvalue weighted by atomic mass is 35.5. The minimum Gasteiger partial charge on any atom is -0.486 e. The molecule has 12 heteroatoms. The van der Waals surface area contributed by atoms with Gasteiger partial charge in [-0.3, -0.25) is 9.59 Å². The molecule has 1 aromatic carbocycles. The monoisotopic (exact) mass is 495 g/mol. The van der Waals surface area contributed by atoms with E-state index in [2.05, 4.69) is 10.3 Å². The van der Waals surface area contributed by atoms with Crippen molar-refractivity contribution >= 4 is 39.3 Å². The molecule has 2 aliphatic rings. The molecule has 1 saturated heterocycles. The fraction of sp³-hybridized carbons (Fsp3) is 0.381. The summed E-state index contributed by atoms with van der Waals surface area (Å²) in [6, 6.07) is 7.62. The molecule has 2 aromatic rings. The van der Waals surface area contributed by atoms with E-state index in [4.69, 9.17) is 25.8 Å². The molecule has 2 aliphatic heterocycles. The van der Waals surface area contributed by atoms with E-state index in [1.807, 2.05) is 0 Å². The average Bonchev–Trinajstić information content (AvgIpc) is 2.83. The highest BCUT2D eigenvalue weighted by Gasteiger charge is 2.33. The van der Waals surface area contributed by atoms with Gasteiger partial charge in [0.05, 0.1) is 15.8 Å². The Morgan fingerprint density at radius 3 is 2.55 bits per heavy atom. The lowest BCUT2D eigenvalue weighted by Gasteiger charge is -2.30. The van der Waals surface area contributed by atoms with E-state index < -0.39 is 34.4 Å². The van der Waals surface area contributed by atoms with Gasteiger partial charge >= 0.3 is 5.97 Å². The van der Waals surface area contributed by atoms with Crippen LogP contribution in [0.3, 0.4) is 0 Å². The van der Waals surface area contributed by atoms with Gasteiger partial charge in [-0.2, -0.15) is 4.31 Å². The maximum absolute atomic E-state index is 13.0. The van der Waals surface area contributed by atoms with Crippen molar-refractivity contribution in [3.63, 3.8) is 0 Å². The molecule has 3 heterocycles. The van der Waals surface area contributed by atoms with Crippen molar-refractivity contribution < 1.29 is 32.2 Å². The summed E-state index contributed by atoms with van der Waals surface area (Å²) < 4.78 is 43.4. The van der Waals surface area contributed by atoms with Crippen molar-refractivity contribution in [2.75, 3.05) is 38.2 Å². The number of nitrogens with one attached hydrogen (secondary N) is 1. The van der Waals surface area contributed by atoms with Crippen LogP contribution in [0.25, 0.3) is 0 Å². The number of halogens is 1. The number of piperidine rings is 1. The van der Waals surface area contributed by atoms with Crippen LogP contribution >= 0.6 is 11.6 Å². The minimum atomic E-state index is -3.74. The Kier molecular flexibility index (Phi) is 7.01. The Morgan fingerprint density at radius 2 is 1.85 bits per heavy atom. The van der Waals surface area contributed by atoms with Gasteiger partial charge in [0.1, 0.15) is 19.0 Å². The largest absolute Gasteiger partial charge is 0.486 e. The van der Waals surface area contributed by atoms with E-state index in [1.54, 1.807) is 12.1 Å². The minimum absolute atomic E-state index is 0.111. The summed E-state index contributed by atoms with van der Waals surface area (Å²) in [6.07, 6.45) is 1.97. The summed E-state index contributed by atoms with van der Waals surface area (Å²) >= 11 is 5.74. The molecule has 1 amide bonds. The molecular weight excluding hydrogens is 474 g/mol. The van der Waals surface area contributed by atoms with Crippen LogP contribution in [0.2, 0.25) is 5.02 Å². The lowest BCUT2D eigenvalue weighted by Crippen LogP contribution is -2.41. The first-order chi connectivity index (χ1) is 15.8. The normalized spacial score (nSPS) is 16.8. The predicted octanol–water partition coefficient (Wildman–Crippen LogP) is 2.09. The molecule has 1 fully saturated rings. The number of carbonyl (C=O) groups excluding carboxylic acids is 2. The van der Waals surface area contributed by atoms with Gasteiger partial charge < -0.3 is 19.5 Å². The van der Waals surface area contributed by atoms with Crippen molar-refractivity contribution in [1.29, 1.82) is 0 Å². The number of hydrogen-bond acceptors (Lipinski definition) is 8. The molecule has 1 aromatic heterocycles. The maximum Gasteiger partial charge on any atom is 0.309 e. The van der Waals surface area contributed by atoms with Crippen molar-refractivity contribution in [1.82, 2.24) is 9.29 Å². The van der Waals surface area contributed by atoms with Crippen LogP contribution in [-0.2, 0) is 24.3 Å². The summed E-state index contributed by atoms with van der Waals surface area (Å²) in [6.45, 7) is 0.647. The molecule has 0 bridgehead atoms. The Labute approximate surface area is 195 Å². The van der Waals surface area contributed by atoms with E-state index in [0.717, 1.165) is 0 Å². The standard InChI is InChI=1S/C21H22ClN3O7S/c22-15-1-4-19(23-12-15)24-20(26)13-32-21(27)14-5-7-25(8-6-14)33(28,29)16-2-3-17-18(11-16)31-10-9-30-17/h1-4,11-12,14H,5-10,13H2,(H,23,24,26). The molecule has 0 spiro atoms. The molecule has 10 nitrogen and oxygen atoms in total. The Morgan fingerprint density at radius 1 is 1.12 bits per heavy atom. The molecule has 0 saturated carbocycles. The first-order valence-electron chi connectivity index (χ1n) is 10.3. The maximum atomic E-state index is 13.0. The van der Waals surface area contributed by atoms with Crippen LogP contribution in [0.5, 0.6) is 11.5 Å². The molecule has 0 radical (unpaired) electrons. The third-order valence-electron chi connectivity index (χ3n) is 5.28. The van der Waals surface area contributed by atoms with E-state index in [1.165, 1.54) is 28.7 Å². The van der Waals surface area contributed by atoms with Crippen molar-refractivity contribution in [2.45, 2.75) is 17.7 Å². The Bertz CT molecular complexity index is 1130. The van der Waals surface area contributed by atoms with Gasteiger partial charge in [0, 0.05) is 25.4 Å². The second kappa shape index (κ2) is 9.94. The third-order valence-corrected chi connectivity index (χ3v) is 7.40. The van der Waals surface area contributed by atoms with Crippen molar-refractivity contribution in [2.24, 2.45) is 5.92 Å². The second-order valence-corrected chi connectivity index (χ2v) is 9.88. The number of esters is 1. The summed E-state index contributed by atoms with van der Waals surface area (Å²) in [7, 11) is -3.74. The summed E-state index contributed by atoms with van der Waals surface area (Å²) in [5.74, 6) is -0.357. The van der Waals surface area contributed by atoms with Crippen molar-refractivity contribution in [3.8, 4) is 11.5 Å². The van der Waals surface area contributed by atoms with E-state index in [-0.39, 0.29) is 23.8 Å². The van der Waals surface area contributed by atoms with Gasteiger partial charge in [-0.25, -0.2) is 13.4 Å². The van der Waals surface area contributed by atoms with Crippen LogP contribution in [-0.4, -0.2) is 62.5 Å². The van der Waals surface area contributed by atoms with Crippen molar-refractivity contribution in [3.05, 3.63) is 41.6 Å². The number of pyridine rings is 1. The van der Waals surface area contributed by atoms with Gasteiger partial charge in [0.15, 0.2) is 18.1 Å². The highest BCUT2D eigenvalue weighted by Crippen LogP contribution is 2.34. The number of benzene rings is 1. The van der Waals surface area contributed by atoms with Gasteiger partial charge in [0.2, 0.25) is 10.0 Å². The molecule has 176 valence electrons. The van der Waals surface area contributed by atoms with E-state index in [9.17, 15) is 18.0 Å². The molecule has 0 unspecified atom stereocenters. The number of hydrogen-bond donors (Lipinski definition) is 1. The number of anilines is 1. The van der Waals surface area contributed by atoms with Gasteiger partial charge in [-0.15, -0.1) is 0 Å². The quantitative estimate of drug-likeness (QED) is 0.604. The topological polar surface area (TPSA) is 124 Å². The Hall–Kier alpha value is -2.89. The lowest BCUT2D eigenvalue weighted by atomic mass is 9.98. The first-order valence-corrected chi connectivity index (χ1v) is 12.1. The third kappa shape index (κ3) is 5.55. The smallest absolute Gasteiger partial charge is 0.309 e. The van der Waals surface area contributed by atoms with Gasteiger partial charge in [-0.05, 0) is 37.1 Å². The van der Waals surface area contributed by atoms with Crippen LogP contribution in [0.15, 0.2) is 41.4 Å². The zero-order valence-electron chi connectivity index (χ0n) is 17.5. The summed E-state index contributed by atoms with van der Waals surface area (Å²) in [4.78, 5) is 28.4. The highest BCUT2D eigenvalue weighted by molar-refractivity contribution is 7.89. The van der Waals surface area contributed by atoms with Crippen LogP contribution < -0.4 is 14.8 Å². The first kappa shape index (κ1) is 23.3. The zero-order valence-corrected chi connectivity index (χ0v) is 19.1. The van der Waals surface area contributed by atoms with E-state index in [0.29, 0.717) is 42.6 Å². The van der Waals surface area contributed by atoms with Crippen LogP contribution in [0.1, 0.15) is 12.8 Å². The lowest BCUT2D eigenvalue weighted by molar-refractivity contribution is -0.152. The number of carbonyl (C=O) groups is 2. The number of aromatic nitrogens is 1. The zero-order chi connectivity index (χ0) is 23.4. The number of nitrogens with zero attached hydrogens (tertiary/aromatic N) is 2. The fourth-order valence-electron chi connectivity index (χ4n) is 3.55. The number of sulfonamides is 1. The number of ether oxygens (including phenoxy) is 3. The molecule has 33 heavy (non-hydrogen) atoms. The Balaban J connectivity index is 1.27. The number of fused-ring (bicyclic) bond motifs is 1. The number of rotatable bonds is 6. The molecular formula is C21H22ClN3O7S. The predicted molar refractivity (Wildman–Crippen MR) is 118 cm³/mol. The SMILES string of the molecule is O=C(COC(=O)C1CCN(S(=O)(=O)c2ccc3c(c2)OCCO3)CC1)Nc1ccc(Cl)cn1. The number of amides is 1. The molecule has 0 aliphatic carbocycles. The van der Waals surface area contributed by atoms with Crippen LogP contribution in [0.4, 0.5) is 5.82 Å². The van der Waals surface area contributed by atoms with Gasteiger partial charge in [0.25, 0.3) is 5.91 Å². The second-order valence-electron chi connectivity index (χ2n) is 7.50. The van der Waals surface area contributed by atoms with E-state index >= 15 is 0 Å².